The monoisotopic (exact) mass is 614 g/mol. The second kappa shape index (κ2) is 16.6. The minimum Gasteiger partial charge on any atom is -0.481 e. The maximum atomic E-state index is 12.8. The van der Waals surface area contributed by atoms with Crippen LogP contribution in [-0.4, -0.2) is 107 Å². The highest BCUT2D eigenvalue weighted by atomic mass is 16.6. The van der Waals surface area contributed by atoms with Crippen LogP contribution < -0.4 is 0 Å². The van der Waals surface area contributed by atoms with E-state index in [2.05, 4.69) is 72.1 Å². The molecule has 0 amide bonds. The number of aliphatic carboxylic acids is 1. The summed E-state index contributed by atoms with van der Waals surface area (Å²) in [5, 5.41) is 9.55. The minimum atomic E-state index is -0.812. The Bertz CT molecular complexity index is 823. The molecule has 0 rings (SSSR count). The number of esters is 2. The summed E-state index contributed by atoms with van der Waals surface area (Å²) in [5.74, 6) is -1.61. The van der Waals surface area contributed by atoms with Gasteiger partial charge in [-0.05, 0) is 64.2 Å². The lowest BCUT2D eigenvalue weighted by Crippen LogP contribution is -2.52. The van der Waals surface area contributed by atoms with Gasteiger partial charge in [0, 0.05) is 51.7 Å². The molecule has 0 aromatic rings. The van der Waals surface area contributed by atoms with E-state index in [1.807, 2.05) is 41.5 Å². The van der Waals surface area contributed by atoms with E-state index < -0.39 is 29.1 Å². The number of carboxylic acid groups (broad SMARTS) is 1. The molecule has 43 heavy (non-hydrogen) atoms. The quantitative estimate of drug-likeness (QED) is 0.212. The van der Waals surface area contributed by atoms with Gasteiger partial charge in [-0.25, -0.2) is 0 Å². The molecule has 0 unspecified atom stereocenters. The summed E-state index contributed by atoms with van der Waals surface area (Å²) in [4.78, 5) is 43.9. The zero-order chi connectivity index (χ0) is 34.0. The molecular weight excluding hydrogens is 546 g/mol. The van der Waals surface area contributed by atoms with Crippen LogP contribution >= 0.6 is 0 Å². The van der Waals surface area contributed by atoms with Crippen LogP contribution in [0, 0.1) is 16.2 Å². The van der Waals surface area contributed by atoms with Crippen LogP contribution in [-0.2, 0) is 23.9 Å². The standard InChI is InChI=1S/C34H67N3O6/c1-30(2,3)24-36(25-31(4,5)6)19-21-37(26(32(7,8)9)16-17-27(38)39)20-18-35(22-28(40)42-33(10,11)12)23-29(41)43-34(13,14)15/h26H,16-25H2,1-15H3,(H,38,39)/t26-/m0/s1. The smallest absolute Gasteiger partial charge is 0.320 e. The van der Waals surface area contributed by atoms with Gasteiger partial charge in [-0.15, -0.1) is 0 Å². The highest BCUT2D eigenvalue weighted by molar-refractivity contribution is 5.75. The van der Waals surface area contributed by atoms with E-state index in [0.29, 0.717) is 19.5 Å². The summed E-state index contributed by atoms with van der Waals surface area (Å²) in [7, 11) is 0. The summed E-state index contributed by atoms with van der Waals surface area (Å²) < 4.78 is 11.2. The van der Waals surface area contributed by atoms with E-state index in [0.717, 1.165) is 26.2 Å². The van der Waals surface area contributed by atoms with Crippen molar-refractivity contribution in [2.24, 2.45) is 16.2 Å². The third kappa shape index (κ3) is 22.5. The summed E-state index contributed by atoms with van der Waals surface area (Å²) in [6, 6.07) is -0.0142. The van der Waals surface area contributed by atoms with Crippen LogP contribution in [0.4, 0.5) is 0 Å². The third-order valence-corrected chi connectivity index (χ3v) is 6.42. The van der Waals surface area contributed by atoms with Gasteiger partial charge in [0.05, 0.1) is 13.1 Å². The second-order valence-corrected chi connectivity index (χ2v) is 17.6. The Morgan fingerprint density at radius 1 is 0.605 bits per heavy atom. The van der Waals surface area contributed by atoms with Crippen molar-refractivity contribution < 1.29 is 29.0 Å². The highest BCUT2D eigenvalue weighted by Crippen LogP contribution is 2.29. The molecule has 0 heterocycles. The van der Waals surface area contributed by atoms with E-state index in [1.165, 1.54) is 0 Å². The maximum Gasteiger partial charge on any atom is 0.320 e. The largest absolute Gasteiger partial charge is 0.481 e. The van der Waals surface area contributed by atoms with Crippen molar-refractivity contribution in [3.8, 4) is 0 Å². The molecule has 0 saturated heterocycles. The Morgan fingerprint density at radius 2 is 0.977 bits per heavy atom. The fourth-order valence-corrected chi connectivity index (χ4v) is 5.27. The fourth-order valence-electron chi connectivity index (χ4n) is 5.27. The molecule has 0 aromatic heterocycles. The summed E-state index contributed by atoms with van der Waals surface area (Å²) in [6.45, 7) is 35.2. The topological polar surface area (TPSA) is 99.6 Å². The van der Waals surface area contributed by atoms with Crippen molar-refractivity contribution in [1.29, 1.82) is 0 Å². The Labute approximate surface area is 264 Å². The SMILES string of the molecule is CC(C)(C)CN(CCN(CCN(CC(=O)OC(C)(C)C)CC(=O)OC(C)(C)C)[C@@H](CCC(=O)O)C(C)(C)C)CC(C)(C)C. The molecule has 0 aliphatic carbocycles. The summed E-state index contributed by atoms with van der Waals surface area (Å²) in [5.41, 5.74) is -1.22. The van der Waals surface area contributed by atoms with Crippen LogP contribution in [0.25, 0.3) is 0 Å². The van der Waals surface area contributed by atoms with Crippen molar-refractivity contribution in [1.82, 2.24) is 14.7 Å². The molecule has 0 radical (unpaired) electrons. The van der Waals surface area contributed by atoms with Gasteiger partial charge in [0.25, 0.3) is 0 Å². The molecule has 254 valence electrons. The maximum absolute atomic E-state index is 12.8. The zero-order valence-corrected chi connectivity index (χ0v) is 30.5. The Balaban J connectivity index is 6.23. The van der Waals surface area contributed by atoms with Gasteiger partial charge in [0.15, 0.2) is 0 Å². The van der Waals surface area contributed by atoms with Crippen molar-refractivity contribution in [3.05, 3.63) is 0 Å². The van der Waals surface area contributed by atoms with Crippen molar-refractivity contribution in [2.75, 3.05) is 52.4 Å². The highest BCUT2D eigenvalue weighted by Gasteiger charge is 2.33. The van der Waals surface area contributed by atoms with Crippen LogP contribution in [0.3, 0.4) is 0 Å². The molecule has 0 spiro atoms. The van der Waals surface area contributed by atoms with Gasteiger partial charge >= 0.3 is 17.9 Å². The first-order chi connectivity index (χ1) is 19.1. The predicted octanol–water partition coefficient (Wildman–Crippen LogP) is 5.95. The molecule has 0 fully saturated rings. The summed E-state index contributed by atoms with van der Waals surface area (Å²) >= 11 is 0. The lowest BCUT2D eigenvalue weighted by atomic mass is 9.82. The molecule has 9 heteroatoms. The molecular formula is C34H67N3O6. The minimum absolute atomic E-state index is 0.0142. The summed E-state index contributed by atoms with van der Waals surface area (Å²) in [6.07, 6.45) is 0.584. The first kappa shape index (κ1) is 41.3. The average molecular weight is 614 g/mol. The number of nitrogens with zero attached hydrogens (tertiary/aromatic N) is 3. The molecule has 0 bridgehead atoms. The van der Waals surface area contributed by atoms with Gasteiger partial charge < -0.3 is 19.5 Å². The lowest BCUT2D eigenvalue weighted by molar-refractivity contribution is -0.160. The van der Waals surface area contributed by atoms with Crippen molar-refractivity contribution in [3.63, 3.8) is 0 Å². The number of carbonyl (C=O) groups excluding carboxylic acids is 2. The lowest BCUT2D eigenvalue weighted by Gasteiger charge is -2.43. The molecule has 0 aliphatic heterocycles. The number of carbonyl (C=O) groups is 3. The molecule has 0 aliphatic rings. The first-order valence-corrected chi connectivity index (χ1v) is 15.9. The van der Waals surface area contributed by atoms with Gasteiger partial charge in [0.1, 0.15) is 11.2 Å². The van der Waals surface area contributed by atoms with E-state index in [-0.39, 0.29) is 41.8 Å². The van der Waals surface area contributed by atoms with Crippen molar-refractivity contribution >= 4 is 17.9 Å². The number of ether oxygens (including phenoxy) is 2. The van der Waals surface area contributed by atoms with E-state index in [9.17, 15) is 19.5 Å². The molecule has 0 aromatic carbocycles. The Kier molecular flexibility index (Phi) is 15.9. The van der Waals surface area contributed by atoms with Crippen LogP contribution in [0.15, 0.2) is 0 Å². The first-order valence-electron chi connectivity index (χ1n) is 15.9. The third-order valence-electron chi connectivity index (χ3n) is 6.42. The van der Waals surface area contributed by atoms with Crippen LogP contribution in [0.5, 0.6) is 0 Å². The van der Waals surface area contributed by atoms with E-state index >= 15 is 0 Å². The van der Waals surface area contributed by atoms with Gasteiger partial charge in [-0.2, -0.15) is 0 Å². The Hall–Kier alpha value is -1.71. The number of hydrogen-bond acceptors (Lipinski definition) is 8. The normalized spacial score (nSPS) is 14.4. The van der Waals surface area contributed by atoms with E-state index in [1.54, 1.807) is 4.90 Å². The molecule has 1 atom stereocenters. The van der Waals surface area contributed by atoms with E-state index in [4.69, 9.17) is 9.47 Å². The van der Waals surface area contributed by atoms with Gasteiger partial charge in [0.2, 0.25) is 0 Å². The second-order valence-electron chi connectivity index (χ2n) is 17.6. The number of rotatable bonds is 16. The molecule has 9 nitrogen and oxygen atoms in total. The zero-order valence-electron chi connectivity index (χ0n) is 30.5. The molecule has 1 N–H and O–H groups in total. The Morgan fingerprint density at radius 3 is 1.28 bits per heavy atom. The van der Waals surface area contributed by atoms with Crippen LogP contribution in [0.1, 0.15) is 117 Å². The van der Waals surface area contributed by atoms with Crippen molar-refractivity contribution in [2.45, 2.75) is 134 Å². The van der Waals surface area contributed by atoms with Gasteiger partial charge in [-0.1, -0.05) is 62.3 Å². The molecule has 0 saturated carbocycles. The predicted molar refractivity (Wildman–Crippen MR) is 175 cm³/mol. The average Bonchev–Trinajstić information content (AvgIpc) is 2.68. The van der Waals surface area contributed by atoms with Crippen LogP contribution in [0.2, 0.25) is 0 Å². The number of carboxylic acids is 1. The number of hydrogen-bond donors (Lipinski definition) is 1. The fraction of sp³-hybridized carbons (Fsp3) is 0.912. The van der Waals surface area contributed by atoms with Gasteiger partial charge in [-0.3, -0.25) is 24.2 Å².